The number of nitrogens with zero attached hydrogens (tertiary/aromatic N) is 2. The van der Waals surface area contributed by atoms with Crippen molar-refractivity contribution in [1.82, 2.24) is 9.88 Å². The van der Waals surface area contributed by atoms with E-state index in [4.69, 9.17) is 11.6 Å². The second-order valence-corrected chi connectivity index (χ2v) is 5.61. The minimum Gasteiger partial charge on any atom is -0.381 e. The summed E-state index contributed by atoms with van der Waals surface area (Å²) in [5.74, 6) is 0. The monoisotopic (exact) mass is 287 g/mol. The molecule has 0 spiro atoms. The average molecular weight is 288 g/mol. The summed E-state index contributed by atoms with van der Waals surface area (Å²) in [5, 5.41) is 4.07. The minimum absolute atomic E-state index is 0.483. The number of hydrogen-bond acceptors (Lipinski definition) is 3. The molecule has 3 rings (SSSR count). The summed E-state index contributed by atoms with van der Waals surface area (Å²) in [6.45, 7) is 3.22. The van der Waals surface area contributed by atoms with Crippen LogP contribution in [0.25, 0.3) is 0 Å². The van der Waals surface area contributed by atoms with Gasteiger partial charge in [-0.3, -0.25) is 4.90 Å². The molecule has 4 heteroatoms. The van der Waals surface area contributed by atoms with Gasteiger partial charge in [0.2, 0.25) is 0 Å². The predicted molar refractivity (Wildman–Crippen MR) is 83.0 cm³/mol. The van der Waals surface area contributed by atoms with Crippen LogP contribution in [0.15, 0.2) is 48.7 Å². The van der Waals surface area contributed by atoms with E-state index in [9.17, 15) is 0 Å². The minimum atomic E-state index is 0.483. The van der Waals surface area contributed by atoms with Gasteiger partial charge < -0.3 is 5.32 Å². The Morgan fingerprint density at radius 3 is 2.90 bits per heavy atom. The van der Waals surface area contributed by atoms with Gasteiger partial charge in [0, 0.05) is 37.6 Å². The van der Waals surface area contributed by atoms with Crippen LogP contribution >= 0.6 is 11.6 Å². The molecule has 1 aromatic heterocycles. The van der Waals surface area contributed by atoms with Gasteiger partial charge >= 0.3 is 0 Å². The second kappa shape index (κ2) is 6.25. The maximum absolute atomic E-state index is 5.90. The van der Waals surface area contributed by atoms with Gasteiger partial charge in [-0.25, -0.2) is 4.98 Å². The fraction of sp³-hybridized carbons (Fsp3) is 0.312. The number of rotatable bonds is 4. The van der Waals surface area contributed by atoms with Gasteiger partial charge in [-0.05, 0) is 24.1 Å². The topological polar surface area (TPSA) is 28.2 Å². The van der Waals surface area contributed by atoms with Crippen molar-refractivity contribution in [2.75, 3.05) is 18.4 Å². The third-order valence-electron chi connectivity index (χ3n) is 3.62. The standard InChI is InChI=1S/C16H18ClN3/c17-16-10-14(6-8-18-16)19-15-7-9-20(12-15)11-13-4-2-1-3-5-13/h1-6,8,10,15H,7,9,11-12H2,(H,18,19). The molecule has 2 heterocycles. The van der Waals surface area contributed by atoms with Crippen molar-refractivity contribution in [3.8, 4) is 0 Å². The summed E-state index contributed by atoms with van der Waals surface area (Å²) in [6, 6.07) is 14.9. The van der Waals surface area contributed by atoms with Gasteiger partial charge in [-0.2, -0.15) is 0 Å². The van der Waals surface area contributed by atoms with Crippen LogP contribution < -0.4 is 5.32 Å². The lowest BCUT2D eigenvalue weighted by molar-refractivity contribution is 0.328. The Hall–Kier alpha value is -1.58. The van der Waals surface area contributed by atoms with Crippen LogP contribution in [0.1, 0.15) is 12.0 Å². The van der Waals surface area contributed by atoms with E-state index in [0.717, 1.165) is 31.7 Å². The van der Waals surface area contributed by atoms with Crippen molar-refractivity contribution in [3.05, 3.63) is 59.4 Å². The number of likely N-dealkylation sites (tertiary alicyclic amines) is 1. The third-order valence-corrected chi connectivity index (χ3v) is 3.83. The molecule has 0 bridgehead atoms. The Morgan fingerprint density at radius 2 is 2.10 bits per heavy atom. The van der Waals surface area contributed by atoms with Gasteiger partial charge in [0.15, 0.2) is 0 Å². The van der Waals surface area contributed by atoms with Crippen LogP contribution in [0.2, 0.25) is 5.15 Å². The van der Waals surface area contributed by atoms with E-state index >= 15 is 0 Å². The Morgan fingerprint density at radius 1 is 1.25 bits per heavy atom. The smallest absolute Gasteiger partial charge is 0.131 e. The van der Waals surface area contributed by atoms with Crippen LogP contribution in [-0.4, -0.2) is 29.0 Å². The lowest BCUT2D eigenvalue weighted by atomic mass is 10.2. The molecule has 1 fully saturated rings. The molecule has 1 atom stereocenters. The van der Waals surface area contributed by atoms with Gasteiger partial charge in [0.05, 0.1) is 0 Å². The Balaban J connectivity index is 1.54. The molecule has 2 aromatic rings. The van der Waals surface area contributed by atoms with Gasteiger partial charge in [-0.15, -0.1) is 0 Å². The summed E-state index contributed by atoms with van der Waals surface area (Å²) < 4.78 is 0. The zero-order valence-corrected chi connectivity index (χ0v) is 12.1. The van der Waals surface area contributed by atoms with Crippen LogP contribution in [-0.2, 0) is 6.54 Å². The van der Waals surface area contributed by atoms with E-state index < -0.39 is 0 Å². The molecule has 1 saturated heterocycles. The normalized spacial score (nSPS) is 19.1. The number of pyridine rings is 1. The first kappa shape index (κ1) is 13.4. The summed E-state index contributed by atoms with van der Waals surface area (Å²) in [7, 11) is 0. The van der Waals surface area contributed by atoms with Crippen molar-refractivity contribution in [2.45, 2.75) is 19.0 Å². The highest BCUT2D eigenvalue weighted by atomic mass is 35.5. The van der Waals surface area contributed by atoms with Crippen LogP contribution in [0.4, 0.5) is 5.69 Å². The molecule has 0 radical (unpaired) electrons. The van der Waals surface area contributed by atoms with E-state index in [1.54, 1.807) is 6.20 Å². The number of hydrogen-bond donors (Lipinski definition) is 1. The highest BCUT2D eigenvalue weighted by molar-refractivity contribution is 6.29. The summed E-state index contributed by atoms with van der Waals surface area (Å²) >= 11 is 5.90. The highest BCUT2D eigenvalue weighted by Crippen LogP contribution is 2.19. The van der Waals surface area contributed by atoms with Crippen LogP contribution in [0.5, 0.6) is 0 Å². The van der Waals surface area contributed by atoms with Gasteiger partial charge in [0.25, 0.3) is 0 Å². The number of benzene rings is 1. The molecule has 20 heavy (non-hydrogen) atoms. The Labute approximate surface area is 124 Å². The predicted octanol–water partition coefficient (Wildman–Crippen LogP) is 3.42. The number of aromatic nitrogens is 1. The molecule has 104 valence electrons. The van der Waals surface area contributed by atoms with Crippen LogP contribution in [0, 0.1) is 0 Å². The Bertz CT molecular complexity index is 559. The summed E-state index contributed by atoms with van der Waals surface area (Å²) in [6.07, 6.45) is 2.90. The molecule has 3 nitrogen and oxygen atoms in total. The van der Waals surface area contributed by atoms with Crippen LogP contribution in [0.3, 0.4) is 0 Å². The molecular formula is C16H18ClN3. The average Bonchev–Trinajstić information content (AvgIpc) is 2.87. The Kier molecular flexibility index (Phi) is 4.19. The third kappa shape index (κ3) is 3.50. The lowest BCUT2D eigenvalue weighted by Crippen LogP contribution is -2.25. The lowest BCUT2D eigenvalue weighted by Gasteiger charge is -2.17. The van der Waals surface area contributed by atoms with Gasteiger partial charge in [0.1, 0.15) is 5.15 Å². The van der Waals surface area contributed by atoms with Crippen molar-refractivity contribution < 1.29 is 0 Å². The largest absolute Gasteiger partial charge is 0.381 e. The number of nitrogens with one attached hydrogen (secondary N) is 1. The second-order valence-electron chi connectivity index (χ2n) is 5.22. The zero-order valence-electron chi connectivity index (χ0n) is 11.3. The van der Waals surface area contributed by atoms with E-state index in [1.807, 2.05) is 12.1 Å². The van der Waals surface area contributed by atoms with E-state index in [2.05, 4.69) is 45.5 Å². The maximum Gasteiger partial charge on any atom is 0.131 e. The quantitative estimate of drug-likeness (QED) is 0.874. The maximum atomic E-state index is 5.90. The molecular weight excluding hydrogens is 270 g/mol. The first-order valence-electron chi connectivity index (χ1n) is 6.94. The van der Waals surface area contributed by atoms with Gasteiger partial charge in [-0.1, -0.05) is 41.9 Å². The SMILES string of the molecule is Clc1cc(NC2CCN(Cc3ccccc3)C2)ccn1. The summed E-state index contributed by atoms with van der Waals surface area (Å²) in [4.78, 5) is 6.48. The summed E-state index contributed by atoms with van der Waals surface area (Å²) in [5.41, 5.74) is 2.43. The molecule has 1 aromatic carbocycles. The van der Waals surface area contributed by atoms with Crippen molar-refractivity contribution in [3.63, 3.8) is 0 Å². The molecule has 0 amide bonds. The van der Waals surface area contributed by atoms with E-state index in [0.29, 0.717) is 11.2 Å². The van der Waals surface area contributed by atoms with Crippen molar-refractivity contribution >= 4 is 17.3 Å². The number of anilines is 1. The molecule has 1 aliphatic heterocycles. The van der Waals surface area contributed by atoms with Crippen molar-refractivity contribution in [1.29, 1.82) is 0 Å². The fourth-order valence-electron chi connectivity index (χ4n) is 2.66. The first-order valence-corrected chi connectivity index (χ1v) is 7.32. The molecule has 1 aliphatic rings. The van der Waals surface area contributed by atoms with Crippen molar-refractivity contribution in [2.24, 2.45) is 0 Å². The fourth-order valence-corrected chi connectivity index (χ4v) is 2.84. The first-order chi connectivity index (χ1) is 9.79. The number of halogens is 1. The molecule has 0 saturated carbocycles. The molecule has 1 N–H and O–H groups in total. The molecule has 0 aliphatic carbocycles. The molecule has 1 unspecified atom stereocenters. The van der Waals surface area contributed by atoms with E-state index in [1.165, 1.54) is 5.56 Å². The zero-order chi connectivity index (χ0) is 13.8. The van der Waals surface area contributed by atoms with E-state index in [-0.39, 0.29) is 0 Å². The highest BCUT2D eigenvalue weighted by Gasteiger charge is 2.22.